The van der Waals surface area contributed by atoms with Gasteiger partial charge in [-0.3, -0.25) is 0 Å². The number of anilines is 1. The van der Waals surface area contributed by atoms with E-state index in [0.29, 0.717) is 11.3 Å². The zero-order valence-electron chi connectivity index (χ0n) is 14.6. The summed E-state index contributed by atoms with van der Waals surface area (Å²) >= 11 is 12.1. The third-order valence-corrected chi connectivity index (χ3v) is 7.07. The maximum atomic E-state index is 12.9. The van der Waals surface area contributed by atoms with E-state index in [-0.39, 0.29) is 42.0 Å². The molecule has 0 saturated carbocycles. The Hall–Kier alpha value is -1.48. The van der Waals surface area contributed by atoms with E-state index in [1.807, 2.05) is 0 Å². The number of rotatable bonds is 4. The third kappa shape index (κ3) is 4.74. The fourth-order valence-electron chi connectivity index (χ4n) is 3.05. The van der Waals surface area contributed by atoms with Crippen LogP contribution in [0.15, 0.2) is 42.5 Å². The van der Waals surface area contributed by atoms with Gasteiger partial charge in [0.2, 0.25) is 10.0 Å². The van der Waals surface area contributed by atoms with Crippen LogP contribution < -0.4 is 4.90 Å². The predicted molar refractivity (Wildman–Crippen MR) is 104 cm³/mol. The summed E-state index contributed by atoms with van der Waals surface area (Å²) in [5, 5.41) is 0.553. The van der Waals surface area contributed by atoms with Crippen molar-refractivity contribution < 1.29 is 21.6 Å². The molecule has 10 heteroatoms. The lowest BCUT2D eigenvalue weighted by Gasteiger charge is -2.35. The van der Waals surface area contributed by atoms with Crippen LogP contribution in [0.1, 0.15) is 11.1 Å². The monoisotopic (exact) mass is 452 g/mol. The third-order valence-electron chi connectivity index (χ3n) is 4.56. The SMILES string of the molecule is O=S(=O)(Cc1c(Cl)cccc1Cl)N1CCN(c2cccc(C(F)(F)F)c2)CC1. The molecule has 1 aliphatic heterocycles. The number of sulfonamides is 1. The second kappa shape index (κ2) is 8.10. The molecule has 0 spiro atoms. The predicted octanol–water partition coefficient (Wildman–Crippen LogP) is 4.66. The summed E-state index contributed by atoms with van der Waals surface area (Å²) in [5.74, 6) is -0.324. The minimum atomic E-state index is -4.42. The summed E-state index contributed by atoms with van der Waals surface area (Å²) in [5.41, 5.74) is 0.0283. The Bertz CT molecular complexity index is 939. The van der Waals surface area contributed by atoms with Crippen molar-refractivity contribution in [1.29, 1.82) is 0 Å². The minimum absolute atomic E-state index is 0.167. The average molecular weight is 453 g/mol. The maximum absolute atomic E-state index is 12.9. The summed E-state index contributed by atoms with van der Waals surface area (Å²) in [6, 6.07) is 9.80. The summed E-state index contributed by atoms with van der Waals surface area (Å²) in [6.07, 6.45) is -4.42. The standard InChI is InChI=1S/C18H17Cl2F3N2O2S/c19-16-5-2-6-17(20)15(16)12-28(26,27)25-9-7-24(8-10-25)14-4-1-3-13(11-14)18(21,22)23/h1-6,11H,7-10,12H2. The molecular formula is C18H17Cl2F3N2O2S. The van der Waals surface area contributed by atoms with Gasteiger partial charge in [0.1, 0.15) is 0 Å². The minimum Gasteiger partial charge on any atom is -0.369 e. The van der Waals surface area contributed by atoms with E-state index in [4.69, 9.17) is 23.2 Å². The first-order valence-electron chi connectivity index (χ1n) is 8.41. The molecule has 0 N–H and O–H groups in total. The van der Waals surface area contributed by atoms with Crippen molar-refractivity contribution in [3.8, 4) is 0 Å². The lowest BCUT2D eigenvalue weighted by molar-refractivity contribution is -0.137. The van der Waals surface area contributed by atoms with Crippen LogP contribution in [0.25, 0.3) is 0 Å². The van der Waals surface area contributed by atoms with Gasteiger partial charge in [0.15, 0.2) is 0 Å². The molecule has 3 rings (SSSR count). The zero-order valence-corrected chi connectivity index (χ0v) is 16.9. The molecule has 28 heavy (non-hydrogen) atoms. The normalized spacial score (nSPS) is 16.4. The van der Waals surface area contributed by atoms with E-state index in [9.17, 15) is 21.6 Å². The van der Waals surface area contributed by atoms with E-state index >= 15 is 0 Å². The molecule has 4 nitrogen and oxygen atoms in total. The van der Waals surface area contributed by atoms with Crippen molar-refractivity contribution in [3.05, 3.63) is 63.6 Å². The molecule has 1 fully saturated rings. The zero-order chi connectivity index (χ0) is 20.5. The molecule has 0 bridgehead atoms. The topological polar surface area (TPSA) is 40.6 Å². The molecule has 0 aliphatic carbocycles. The Morgan fingerprint density at radius 1 is 0.929 bits per heavy atom. The Morgan fingerprint density at radius 3 is 2.07 bits per heavy atom. The first kappa shape index (κ1) is 21.2. The molecule has 2 aromatic carbocycles. The van der Waals surface area contributed by atoms with Gasteiger partial charge in [-0.2, -0.15) is 17.5 Å². The van der Waals surface area contributed by atoms with Crippen LogP contribution in [0.2, 0.25) is 10.0 Å². The van der Waals surface area contributed by atoms with Gasteiger partial charge in [0.25, 0.3) is 0 Å². The summed E-state index contributed by atoms with van der Waals surface area (Å²) < 4.78 is 65.5. The number of piperazine rings is 1. The largest absolute Gasteiger partial charge is 0.416 e. The molecule has 2 aromatic rings. The van der Waals surface area contributed by atoms with Crippen molar-refractivity contribution in [1.82, 2.24) is 4.31 Å². The van der Waals surface area contributed by atoms with Gasteiger partial charge in [-0.1, -0.05) is 35.3 Å². The van der Waals surface area contributed by atoms with Crippen LogP contribution in [0.3, 0.4) is 0 Å². The smallest absolute Gasteiger partial charge is 0.369 e. The van der Waals surface area contributed by atoms with Crippen LogP contribution in [0.5, 0.6) is 0 Å². The highest BCUT2D eigenvalue weighted by Crippen LogP contribution is 2.32. The first-order valence-corrected chi connectivity index (χ1v) is 10.8. The Labute approximate surface area is 171 Å². The molecule has 0 aromatic heterocycles. The highest BCUT2D eigenvalue weighted by atomic mass is 35.5. The van der Waals surface area contributed by atoms with E-state index in [1.54, 1.807) is 29.2 Å². The lowest BCUT2D eigenvalue weighted by Crippen LogP contribution is -2.49. The van der Waals surface area contributed by atoms with E-state index < -0.39 is 21.8 Å². The maximum Gasteiger partial charge on any atom is 0.416 e. The van der Waals surface area contributed by atoms with Crippen molar-refractivity contribution in [3.63, 3.8) is 0 Å². The van der Waals surface area contributed by atoms with Crippen molar-refractivity contribution in [2.45, 2.75) is 11.9 Å². The first-order chi connectivity index (χ1) is 13.1. The number of hydrogen-bond donors (Lipinski definition) is 0. The van der Waals surface area contributed by atoms with Crippen molar-refractivity contribution in [2.75, 3.05) is 31.1 Å². The van der Waals surface area contributed by atoms with Crippen LogP contribution in [0, 0.1) is 0 Å². The summed E-state index contributed by atoms with van der Waals surface area (Å²) in [7, 11) is -3.66. The molecule has 1 heterocycles. The molecule has 0 amide bonds. The average Bonchev–Trinajstić information content (AvgIpc) is 2.64. The molecular weight excluding hydrogens is 436 g/mol. The molecule has 0 unspecified atom stereocenters. The van der Waals surface area contributed by atoms with Gasteiger partial charge in [0, 0.05) is 47.5 Å². The van der Waals surface area contributed by atoms with Gasteiger partial charge in [-0.15, -0.1) is 0 Å². The number of halogens is 5. The van der Waals surface area contributed by atoms with E-state index in [1.165, 1.54) is 10.4 Å². The fourth-order valence-corrected chi connectivity index (χ4v) is 5.31. The molecule has 1 saturated heterocycles. The second-order valence-corrected chi connectivity index (χ2v) is 9.17. The number of hydrogen-bond acceptors (Lipinski definition) is 3. The Morgan fingerprint density at radius 2 is 1.50 bits per heavy atom. The Balaban J connectivity index is 1.70. The fraction of sp³-hybridized carbons (Fsp3) is 0.333. The molecule has 0 atom stereocenters. The van der Waals surface area contributed by atoms with Crippen LogP contribution in [-0.2, 0) is 22.0 Å². The van der Waals surface area contributed by atoms with E-state index in [2.05, 4.69) is 0 Å². The highest BCUT2D eigenvalue weighted by Gasteiger charge is 2.32. The van der Waals surface area contributed by atoms with Crippen LogP contribution in [0.4, 0.5) is 18.9 Å². The lowest BCUT2D eigenvalue weighted by atomic mass is 10.1. The van der Waals surface area contributed by atoms with Crippen molar-refractivity contribution in [2.24, 2.45) is 0 Å². The highest BCUT2D eigenvalue weighted by molar-refractivity contribution is 7.88. The molecule has 152 valence electrons. The van der Waals surface area contributed by atoms with Crippen molar-refractivity contribution >= 4 is 38.9 Å². The van der Waals surface area contributed by atoms with Gasteiger partial charge in [-0.05, 0) is 30.3 Å². The number of nitrogens with zero attached hydrogens (tertiary/aromatic N) is 2. The summed E-state index contributed by atoms with van der Waals surface area (Å²) in [6.45, 7) is 0.912. The number of alkyl halides is 3. The Kier molecular flexibility index (Phi) is 6.14. The van der Waals surface area contributed by atoms with Crippen LogP contribution in [-0.4, -0.2) is 38.9 Å². The molecule has 0 radical (unpaired) electrons. The van der Waals surface area contributed by atoms with Crippen LogP contribution >= 0.6 is 23.2 Å². The summed E-state index contributed by atoms with van der Waals surface area (Å²) in [4.78, 5) is 1.74. The number of benzene rings is 2. The molecule has 1 aliphatic rings. The van der Waals surface area contributed by atoms with E-state index in [0.717, 1.165) is 12.1 Å². The van der Waals surface area contributed by atoms with Gasteiger partial charge >= 0.3 is 6.18 Å². The quantitative estimate of drug-likeness (QED) is 0.676. The van der Waals surface area contributed by atoms with Gasteiger partial charge in [0.05, 0.1) is 11.3 Å². The van der Waals surface area contributed by atoms with Gasteiger partial charge < -0.3 is 4.90 Å². The second-order valence-electron chi connectivity index (χ2n) is 6.39. The van der Waals surface area contributed by atoms with Gasteiger partial charge in [-0.25, -0.2) is 8.42 Å².